The Bertz CT molecular complexity index is 564. The van der Waals surface area contributed by atoms with Crippen LogP contribution >= 0.6 is 15.9 Å². The molecule has 0 saturated heterocycles. The first-order valence-corrected chi connectivity index (χ1v) is 5.97. The van der Waals surface area contributed by atoms with Crippen LogP contribution in [0.3, 0.4) is 0 Å². The van der Waals surface area contributed by atoms with Gasteiger partial charge in [-0.25, -0.2) is 13.8 Å². The summed E-state index contributed by atoms with van der Waals surface area (Å²) in [6.07, 6.45) is 0. The number of halogens is 5. The summed E-state index contributed by atoms with van der Waals surface area (Å²) in [5, 5.41) is 0. The summed E-state index contributed by atoms with van der Waals surface area (Å²) in [5.74, 6) is -5.49. The Balaban J connectivity index is 2.67. The molecule has 1 aliphatic heterocycles. The molecule has 1 atom stereocenters. The van der Waals surface area contributed by atoms with E-state index in [1.165, 1.54) is 0 Å². The summed E-state index contributed by atoms with van der Waals surface area (Å²) in [7, 11) is 0. The van der Waals surface area contributed by atoms with Gasteiger partial charge in [-0.2, -0.15) is 8.78 Å². The number of rotatable bonds is 1. The second-order valence-corrected chi connectivity index (χ2v) is 5.12. The van der Waals surface area contributed by atoms with Crippen molar-refractivity contribution < 1.29 is 22.3 Å². The fourth-order valence-corrected chi connectivity index (χ4v) is 2.14. The van der Waals surface area contributed by atoms with Crippen molar-refractivity contribution in [3.63, 3.8) is 0 Å². The van der Waals surface area contributed by atoms with Crippen LogP contribution in [0.5, 0.6) is 0 Å². The quantitative estimate of drug-likeness (QED) is 0.631. The molecule has 0 unspecified atom stereocenters. The first-order chi connectivity index (χ1) is 8.67. The van der Waals surface area contributed by atoms with Gasteiger partial charge in [0.15, 0.2) is 12.1 Å². The zero-order chi connectivity index (χ0) is 14.4. The third-order valence-electron chi connectivity index (χ3n) is 2.98. The molecule has 104 valence electrons. The van der Waals surface area contributed by atoms with Gasteiger partial charge in [-0.15, -0.1) is 0 Å². The molecule has 0 aliphatic carbocycles. The van der Waals surface area contributed by atoms with Gasteiger partial charge < -0.3 is 10.5 Å². The van der Waals surface area contributed by atoms with E-state index in [4.69, 9.17) is 5.73 Å². The van der Waals surface area contributed by atoms with Crippen molar-refractivity contribution in [2.45, 2.75) is 18.4 Å². The minimum absolute atomic E-state index is 0.138. The van der Waals surface area contributed by atoms with Crippen LogP contribution < -0.4 is 5.73 Å². The van der Waals surface area contributed by atoms with E-state index in [0.29, 0.717) is 6.07 Å². The van der Waals surface area contributed by atoms with Gasteiger partial charge in [0, 0.05) is 11.6 Å². The highest BCUT2D eigenvalue weighted by molar-refractivity contribution is 9.10. The molecule has 1 aromatic rings. The molecule has 19 heavy (non-hydrogen) atoms. The number of aliphatic imine (C=N–C) groups is 1. The van der Waals surface area contributed by atoms with Crippen molar-refractivity contribution in [2.24, 2.45) is 10.7 Å². The fourth-order valence-electron chi connectivity index (χ4n) is 1.79. The number of hydrogen-bond donors (Lipinski definition) is 1. The van der Waals surface area contributed by atoms with Gasteiger partial charge >= 0.3 is 5.92 Å². The molecule has 0 aromatic heterocycles. The second-order valence-electron chi connectivity index (χ2n) is 4.26. The molecule has 8 heteroatoms. The topological polar surface area (TPSA) is 47.6 Å². The lowest BCUT2D eigenvalue weighted by Crippen LogP contribution is -2.51. The zero-order valence-electron chi connectivity index (χ0n) is 9.68. The van der Waals surface area contributed by atoms with Crippen molar-refractivity contribution in [2.75, 3.05) is 6.61 Å². The van der Waals surface area contributed by atoms with Crippen LogP contribution in [0.4, 0.5) is 17.6 Å². The van der Waals surface area contributed by atoms with Crippen molar-refractivity contribution in [3.8, 4) is 0 Å². The number of amidine groups is 1. The van der Waals surface area contributed by atoms with E-state index in [-0.39, 0.29) is 4.47 Å². The van der Waals surface area contributed by atoms with Crippen molar-refractivity contribution in [1.29, 1.82) is 0 Å². The van der Waals surface area contributed by atoms with Crippen molar-refractivity contribution in [1.82, 2.24) is 0 Å². The summed E-state index contributed by atoms with van der Waals surface area (Å²) in [6.45, 7) is -0.00158. The Morgan fingerprint density at radius 2 is 1.95 bits per heavy atom. The van der Waals surface area contributed by atoms with Gasteiger partial charge in [-0.3, -0.25) is 0 Å². The standard InChI is InChI=1S/C11H9BrF4N2O/c1-10(11(15,16)4-19-9(17)18-10)5-2-6(12)8(14)3-7(5)13/h2-3H,4H2,1H3,(H2,17,18)/t10-/m1/s1. The summed E-state index contributed by atoms with van der Waals surface area (Å²) in [6, 6.07) is 0.982. The number of alkyl halides is 2. The minimum atomic E-state index is -3.48. The Hall–Kier alpha value is -1.31. The summed E-state index contributed by atoms with van der Waals surface area (Å²) in [4.78, 5) is 3.51. The molecule has 0 radical (unpaired) electrons. The van der Waals surface area contributed by atoms with Gasteiger partial charge in [0.2, 0.25) is 0 Å². The zero-order valence-corrected chi connectivity index (χ0v) is 11.3. The average molecular weight is 341 g/mol. The first kappa shape index (κ1) is 14.1. The number of ether oxygens (including phenoxy) is 1. The van der Waals surface area contributed by atoms with E-state index in [0.717, 1.165) is 13.0 Å². The lowest BCUT2D eigenvalue weighted by atomic mass is 9.85. The smallest absolute Gasteiger partial charge is 0.310 e. The van der Waals surface area contributed by atoms with Crippen LogP contribution in [0.1, 0.15) is 12.5 Å². The summed E-state index contributed by atoms with van der Waals surface area (Å²) in [5.41, 5.74) is 2.56. The maximum atomic E-state index is 14.0. The molecule has 0 saturated carbocycles. The lowest BCUT2D eigenvalue weighted by molar-refractivity contribution is -0.117. The largest absolute Gasteiger partial charge is 0.459 e. The lowest BCUT2D eigenvalue weighted by Gasteiger charge is -2.37. The number of hydrogen-bond acceptors (Lipinski definition) is 3. The Labute approximate surface area is 114 Å². The van der Waals surface area contributed by atoms with Crippen LogP contribution in [0.2, 0.25) is 0 Å². The molecule has 0 fully saturated rings. The van der Waals surface area contributed by atoms with Crippen LogP contribution in [0.25, 0.3) is 0 Å². The van der Waals surface area contributed by atoms with Crippen molar-refractivity contribution in [3.05, 3.63) is 33.8 Å². The highest BCUT2D eigenvalue weighted by atomic mass is 79.9. The number of nitrogens with two attached hydrogens (primary N) is 1. The maximum absolute atomic E-state index is 14.0. The molecule has 0 bridgehead atoms. The van der Waals surface area contributed by atoms with E-state index in [9.17, 15) is 17.6 Å². The predicted molar refractivity (Wildman–Crippen MR) is 63.9 cm³/mol. The molecule has 3 nitrogen and oxygen atoms in total. The normalized spacial score (nSPS) is 25.7. The molecular formula is C11H9BrF4N2O. The summed E-state index contributed by atoms with van der Waals surface area (Å²) >= 11 is 2.83. The first-order valence-electron chi connectivity index (χ1n) is 5.18. The summed E-state index contributed by atoms with van der Waals surface area (Å²) < 4.78 is 59.2. The van der Waals surface area contributed by atoms with E-state index in [2.05, 4.69) is 25.7 Å². The predicted octanol–water partition coefficient (Wildman–Crippen LogP) is 2.92. The van der Waals surface area contributed by atoms with Crippen molar-refractivity contribution >= 4 is 22.0 Å². The van der Waals surface area contributed by atoms with Crippen LogP contribution in [-0.2, 0) is 10.3 Å². The highest BCUT2D eigenvalue weighted by Gasteiger charge is 2.56. The number of nitrogens with zero attached hydrogens (tertiary/aromatic N) is 1. The molecule has 0 amide bonds. The monoisotopic (exact) mass is 340 g/mol. The fraction of sp³-hybridized carbons (Fsp3) is 0.364. The SMILES string of the molecule is C[C@]1(c2cc(Br)c(F)cc2F)N=C(N)OCC1(F)F. The van der Waals surface area contributed by atoms with E-state index >= 15 is 0 Å². The Morgan fingerprint density at radius 1 is 1.32 bits per heavy atom. The highest BCUT2D eigenvalue weighted by Crippen LogP contribution is 2.45. The minimum Gasteiger partial charge on any atom is -0.459 e. The van der Waals surface area contributed by atoms with Gasteiger partial charge in [-0.1, -0.05) is 0 Å². The van der Waals surface area contributed by atoms with Gasteiger partial charge in [0.1, 0.15) is 11.6 Å². The maximum Gasteiger partial charge on any atom is 0.310 e. The van der Waals surface area contributed by atoms with Crippen LogP contribution in [0.15, 0.2) is 21.6 Å². The third-order valence-corrected chi connectivity index (χ3v) is 3.59. The molecular weight excluding hydrogens is 332 g/mol. The molecule has 2 N–H and O–H groups in total. The molecule has 2 rings (SSSR count). The Kier molecular flexibility index (Phi) is 3.24. The van der Waals surface area contributed by atoms with Crippen LogP contribution in [-0.4, -0.2) is 18.6 Å². The average Bonchev–Trinajstić information content (AvgIpc) is 2.29. The van der Waals surface area contributed by atoms with Crippen LogP contribution in [0, 0.1) is 11.6 Å². The van der Waals surface area contributed by atoms with E-state index < -0.39 is 41.3 Å². The second kappa shape index (κ2) is 4.36. The van der Waals surface area contributed by atoms with E-state index in [1.54, 1.807) is 0 Å². The Morgan fingerprint density at radius 3 is 2.58 bits per heavy atom. The van der Waals surface area contributed by atoms with Gasteiger partial charge in [0.25, 0.3) is 6.02 Å². The molecule has 1 aliphatic rings. The number of benzene rings is 1. The molecule has 0 spiro atoms. The van der Waals surface area contributed by atoms with E-state index in [1.807, 2.05) is 0 Å². The molecule has 1 heterocycles. The third kappa shape index (κ3) is 2.18. The van der Waals surface area contributed by atoms with Gasteiger partial charge in [-0.05, 0) is 28.9 Å². The van der Waals surface area contributed by atoms with Gasteiger partial charge in [0.05, 0.1) is 4.47 Å². The molecule has 1 aromatic carbocycles.